The summed E-state index contributed by atoms with van der Waals surface area (Å²) in [4.78, 5) is 0. The molecule has 1 aliphatic rings. The molecule has 1 atom stereocenters. The topological polar surface area (TPSA) is 12.0 Å². The van der Waals surface area contributed by atoms with Crippen molar-refractivity contribution in [2.75, 3.05) is 13.1 Å². The van der Waals surface area contributed by atoms with E-state index >= 15 is 0 Å². The van der Waals surface area contributed by atoms with E-state index in [2.05, 4.69) is 36.5 Å². The Balaban J connectivity index is 2.39. The van der Waals surface area contributed by atoms with Gasteiger partial charge in [-0.05, 0) is 30.0 Å². The zero-order valence-electron chi connectivity index (χ0n) is 7.51. The lowest BCUT2D eigenvalue weighted by atomic mass is 9.96. The van der Waals surface area contributed by atoms with Crippen molar-refractivity contribution in [3.8, 4) is 0 Å². The Morgan fingerprint density at radius 3 is 3.08 bits per heavy atom. The monoisotopic (exact) mass is 161 g/mol. The molecule has 0 amide bonds. The standard InChI is InChI=1S/C11H15N/c1-9-8-12-7-6-10-4-2-3-5-11(9)10/h2-5,9,12H,6-8H2,1H3/t9-/m0/s1. The van der Waals surface area contributed by atoms with Crippen molar-refractivity contribution >= 4 is 0 Å². The fourth-order valence-electron chi connectivity index (χ4n) is 1.89. The van der Waals surface area contributed by atoms with E-state index in [9.17, 15) is 0 Å². The Morgan fingerprint density at radius 1 is 1.33 bits per heavy atom. The number of rotatable bonds is 0. The molecule has 1 aliphatic heterocycles. The van der Waals surface area contributed by atoms with E-state index in [1.807, 2.05) is 0 Å². The van der Waals surface area contributed by atoms with Gasteiger partial charge in [0.25, 0.3) is 0 Å². The van der Waals surface area contributed by atoms with Crippen LogP contribution in [-0.4, -0.2) is 13.1 Å². The first-order valence-electron chi connectivity index (χ1n) is 4.66. The third-order valence-electron chi connectivity index (χ3n) is 2.61. The molecule has 1 nitrogen and oxygen atoms in total. The van der Waals surface area contributed by atoms with Crippen molar-refractivity contribution in [1.29, 1.82) is 0 Å². The van der Waals surface area contributed by atoms with E-state index in [4.69, 9.17) is 0 Å². The second-order valence-electron chi connectivity index (χ2n) is 3.55. The second kappa shape index (κ2) is 3.28. The molecular weight excluding hydrogens is 146 g/mol. The van der Waals surface area contributed by atoms with Gasteiger partial charge in [-0.3, -0.25) is 0 Å². The Labute approximate surface area is 73.8 Å². The summed E-state index contributed by atoms with van der Waals surface area (Å²) >= 11 is 0. The molecule has 0 bridgehead atoms. The second-order valence-corrected chi connectivity index (χ2v) is 3.55. The molecule has 2 rings (SSSR count). The highest BCUT2D eigenvalue weighted by molar-refractivity contribution is 5.31. The Bertz CT molecular complexity index is 267. The summed E-state index contributed by atoms with van der Waals surface area (Å²) in [5.41, 5.74) is 3.05. The number of hydrogen-bond acceptors (Lipinski definition) is 1. The van der Waals surface area contributed by atoms with Crippen LogP contribution in [-0.2, 0) is 6.42 Å². The quantitative estimate of drug-likeness (QED) is 0.613. The van der Waals surface area contributed by atoms with Crippen molar-refractivity contribution in [1.82, 2.24) is 5.32 Å². The molecule has 0 saturated carbocycles. The molecule has 12 heavy (non-hydrogen) atoms. The highest BCUT2D eigenvalue weighted by Gasteiger charge is 2.12. The summed E-state index contributed by atoms with van der Waals surface area (Å²) in [5, 5.41) is 3.44. The van der Waals surface area contributed by atoms with Gasteiger partial charge in [-0.25, -0.2) is 0 Å². The highest BCUT2D eigenvalue weighted by Crippen LogP contribution is 2.21. The van der Waals surface area contributed by atoms with Gasteiger partial charge in [0.1, 0.15) is 0 Å². The molecule has 0 unspecified atom stereocenters. The summed E-state index contributed by atoms with van der Waals surface area (Å²) < 4.78 is 0. The molecule has 1 aromatic carbocycles. The molecule has 0 spiro atoms. The van der Waals surface area contributed by atoms with Crippen LogP contribution in [0, 0.1) is 0 Å². The Hall–Kier alpha value is -0.820. The predicted molar refractivity (Wildman–Crippen MR) is 51.4 cm³/mol. The minimum absolute atomic E-state index is 0.670. The van der Waals surface area contributed by atoms with Crippen molar-refractivity contribution in [3.05, 3.63) is 35.4 Å². The Morgan fingerprint density at radius 2 is 2.17 bits per heavy atom. The van der Waals surface area contributed by atoms with Crippen molar-refractivity contribution in [3.63, 3.8) is 0 Å². The number of nitrogens with one attached hydrogen (secondary N) is 1. The number of benzene rings is 1. The average molecular weight is 161 g/mol. The van der Waals surface area contributed by atoms with Crippen LogP contribution in [0.2, 0.25) is 0 Å². The van der Waals surface area contributed by atoms with Gasteiger partial charge in [-0.1, -0.05) is 31.2 Å². The van der Waals surface area contributed by atoms with Gasteiger partial charge in [-0.2, -0.15) is 0 Å². The van der Waals surface area contributed by atoms with Crippen molar-refractivity contribution in [2.24, 2.45) is 0 Å². The van der Waals surface area contributed by atoms with Gasteiger partial charge in [0.05, 0.1) is 0 Å². The Kier molecular flexibility index (Phi) is 2.13. The molecule has 1 aromatic rings. The summed E-state index contributed by atoms with van der Waals surface area (Å²) in [6.07, 6.45) is 1.18. The van der Waals surface area contributed by atoms with E-state index in [0.717, 1.165) is 13.1 Å². The predicted octanol–water partition coefficient (Wildman–Crippen LogP) is 1.94. The third kappa shape index (κ3) is 1.37. The van der Waals surface area contributed by atoms with Crippen LogP contribution < -0.4 is 5.32 Å². The van der Waals surface area contributed by atoms with E-state index < -0.39 is 0 Å². The van der Waals surface area contributed by atoms with E-state index in [-0.39, 0.29) is 0 Å². The minimum Gasteiger partial charge on any atom is -0.316 e. The fourth-order valence-corrected chi connectivity index (χ4v) is 1.89. The van der Waals surface area contributed by atoms with Crippen LogP contribution in [0.4, 0.5) is 0 Å². The van der Waals surface area contributed by atoms with Gasteiger partial charge < -0.3 is 5.32 Å². The van der Waals surface area contributed by atoms with E-state index in [0.29, 0.717) is 5.92 Å². The van der Waals surface area contributed by atoms with Gasteiger partial charge in [0.2, 0.25) is 0 Å². The molecule has 1 heteroatoms. The molecule has 0 aromatic heterocycles. The van der Waals surface area contributed by atoms with Crippen LogP contribution in [0.5, 0.6) is 0 Å². The normalized spacial score (nSPS) is 22.9. The summed E-state index contributed by atoms with van der Waals surface area (Å²) in [7, 11) is 0. The fraction of sp³-hybridized carbons (Fsp3) is 0.455. The first-order valence-corrected chi connectivity index (χ1v) is 4.66. The first-order chi connectivity index (χ1) is 5.88. The van der Waals surface area contributed by atoms with Crippen LogP contribution >= 0.6 is 0 Å². The maximum absolute atomic E-state index is 3.44. The maximum atomic E-state index is 3.44. The summed E-state index contributed by atoms with van der Waals surface area (Å²) in [6, 6.07) is 8.78. The average Bonchev–Trinajstić information content (AvgIpc) is 2.29. The van der Waals surface area contributed by atoms with Crippen LogP contribution in [0.3, 0.4) is 0 Å². The van der Waals surface area contributed by atoms with E-state index in [1.54, 1.807) is 0 Å². The van der Waals surface area contributed by atoms with Crippen molar-refractivity contribution < 1.29 is 0 Å². The molecular formula is C11H15N. The molecule has 0 aliphatic carbocycles. The zero-order valence-corrected chi connectivity index (χ0v) is 7.51. The third-order valence-corrected chi connectivity index (χ3v) is 2.61. The molecule has 0 saturated heterocycles. The van der Waals surface area contributed by atoms with Gasteiger partial charge >= 0.3 is 0 Å². The number of hydrogen-bond donors (Lipinski definition) is 1. The first kappa shape index (κ1) is 7.81. The largest absolute Gasteiger partial charge is 0.316 e. The molecule has 64 valence electrons. The van der Waals surface area contributed by atoms with Crippen LogP contribution in [0.1, 0.15) is 24.0 Å². The molecule has 0 fully saturated rings. The lowest BCUT2D eigenvalue weighted by molar-refractivity contribution is 0.644. The van der Waals surface area contributed by atoms with Gasteiger partial charge in [-0.15, -0.1) is 0 Å². The summed E-state index contributed by atoms with van der Waals surface area (Å²) in [6.45, 7) is 4.54. The SMILES string of the molecule is C[C@H]1CNCCc2ccccc21. The van der Waals surface area contributed by atoms with Gasteiger partial charge in [0, 0.05) is 6.54 Å². The lowest BCUT2D eigenvalue weighted by Crippen LogP contribution is -2.18. The van der Waals surface area contributed by atoms with Gasteiger partial charge in [0.15, 0.2) is 0 Å². The summed E-state index contributed by atoms with van der Waals surface area (Å²) in [5.74, 6) is 0.670. The molecule has 0 radical (unpaired) electrons. The number of fused-ring (bicyclic) bond motifs is 1. The lowest BCUT2D eigenvalue weighted by Gasteiger charge is -2.10. The maximum Gasteiger partial charge on any atom is 0.00177 e. The zero-order chi connectivity index (χ0) is 8.39. The minimum atomic E-state index is 0.670. The van der Waals surface area contributed by atoms with Crippen LogP contribution in [0.25, 0.3) is 0 Å². The smallest absolute Gasteiger partial charge is 0.00177 e. The van der Waals surface area contributed by atoms with E-state index in [1.165, 1.54) is 17.5 Å². The molecule has 1 heterocycles. The van der Waals surface area contributed by atoms with Crippen LogP contribution in [0.15, 0.2) is 24.3 Å². The highest BCUT2D eigenvalue weighted by atomic mass is 14.9. The molecule has 1 N–H and O–H groups in total. The van der Waals surface area contributed by atoms with Crippen molar-refractivity contribution in [2.45, 2.75) is 19.3 Å².